The van der Waals surface area contributed by atoms with Crippen LogP contribution < -0.4 is 5.73 Å². The fourth-order valence-corrected chi connectivity index (χ4v) is 3.29. The van der Waals surface area contributed by atoms with Crippen LogP contribution in [0.2, 0.25) is 0 Å². The molecule has 1 aromatic rings. The van der Waals surface area contributed by atoms with Gasteiger partial charge in [0.15, 0.2) is 0 Å². The van der Waals surface area contributed by atoms with E-state index < -0.39 is 0 Å². The maximum absolute atomic E-state index is 11.9. The molecule has 1 aliphatic rings. The maximum atomic E-state index is 11.9. The molecule has 0 heterocycles. The van der Waals surface area contributed by atoms with Gasteiger partial charge in [-0.25, -0.2) is 0 Å². The van der Waals surface area contributed by atoms with E-state index in [1.165, 1.54) is 11.1 Å². The Morgan fingerprint density at radius 2 is 1.40 bits per heavy atom. The van der Waals surface area contributed by atoms with Gasteiger partial charge < -0.3 is 10.5 Å². The van der Waals surface area contributed by atoms with Crippen molar-refractivity contribution in [2.45, 2.75) is 48.1 Å². The van der Waals surface area contributed by atoms with Crippen molar-refractivity contribution >= 4 is 12.4 Å². The van der Waals surface area contributed by atoms with Gasteiger partial charge in [0.25, 0.3) is 0 Å². The summed E-state index contributed by atoms with van der Waals surface area (Å²) < 4.78 is 0. The highest BCUT2D eigenvalue weighted by Gasteiger charge is 2.35. The van der Waals surface area contributed by atoms with E-state index in [1.54, 1.807) is 0 Å². The summed E-state index contributed by atoms with van der Waals surface area (Å²) in [5.74, 6) is -0.142. The highest BCUT2D eigenvalue weighted by molar-refractivity contribution is 5.72. The summed E-state index contributed by atoms with van der Waals surface area (Å²) in [4.78, 5) is 11.9. The summed E-state index contributed by atoms with van der Waals surface area (Å²) in [6.07, 6.45) is 7.65. The van der Waals surface area contributed by atoms with E-state index in [1.807, 2.05) is 0 Å². The zero-order chi connectivity index (χ0) is 18.8. The molecule has 0 unspecified atom stereocenters. The number of hydrogen-bond donors (Lipinski definition) is 1. The predicted octanol–water partition coefficient (Wildman–Crippen LogP) is 5.30. The first-order valence-electron chi connectivity index (χ1n) is 8.96. The molecule has 2 heteroatoms. The summed E-state index contributed by atoms with van der Waals surface area (Å²) in [5.41, 5.74) is 11.3. The topological polar surface area (TPSA) is 43.1 Å². The average Bonchev–Trinajstić information content (AvgIpc) is 2.53. The lowest BCUT2D eigenvalue weighted by atomic mass is 9.67. The Morgan fingerprint density at radius 3 is 1.76 bits per heavy atom. The van der Waals surface area contributed by atoms with Crippen LogP contribution in [-0.2, 0) is 11.3 Å². The zero-order valence-corrected chi connectivity index (χ0v) is 16.4. The Bertz CT molecular complexity index is 685. The molecule has 0 amide bonds. The molecule has 134 valence electrons. The average molecular weight is 338 g/mol. The fourth-order valence-electron chi connectivity index (χ4n) is 3.29. The van der Waals surface area contributed by atoms with Crippen molar-refractivity contribution in [3.63, 3.8) is 0 Å². The van der Waals surface area contributed by atoms with E-state index in [2.05, 4.69) is 84.0 Å². The van der Waals surface area contributed by atoms with Crippen LogP contribution in [0.25, 0.3) is 6.08 Å². The van der Waals surface area contributed by atoms with E-state index in [0.717, 1.165) is 23.0 Å². The SMILES string of the molecule is CC(C)(C)C1=CC(=Cc2ccc(CN)cc2)C=C(C(C)(C)C)C1C=O. The summed E-state index contributed by atoms with van der Waals surface area (Å²) in [6.45, 7) is 13.6. The molecule has 0 aliphatic heterocycles. The van der Waals surface area contributed by atoms with Crippen LogP contribution in [0, 0.1) is 16.7 Å². The van der Waals surface area contributed by atoms with Crippen molar-refractivity contribution in [3.05, 3.63) is 64.3 Å². The van der Waals surface area contributed by atoms with Gasteiger partial charge in [-0.3, -0.25) is 0 Å². The van der Waals surface area contributed by atoms with Gasteiger partial charge in [0.1, 0.15) is 6.29 Å². The highest BCUT2D eigenvalue weighted by Crippen LogP contribution is 2.44. The van der Waals surface area contributed by atoms with Crippen LogP contribution in [0.4, 0.5) is 0 Å². The van der Waals surface area contributed by atoms with E-state index >= 15 is 0 Å². The van der Waals surface area contributed by atoms with Crippen molar-refractivity contribution in [2.24, 2.45) is 22.5 Å². The fraction of sp³-hybridized carbons (Fsp3) is 0.435. The molecule has 0 atom stereocenters. The van der Waals surface area contributed by atoms with Crippen molar-refractivity contribution in [1.82, 2.24) is 0 Å². The Hall–Kier alpha value is -1.93. The van der Waals surface area contributed by atoms with Crippen molar-refractivity contribution in [3.8, 4) is 0 Å². The highest BCUT2D eigenvalue weighted by atomic mass is 16.1. The third-order valence-electron chi connectivity index (χ3n) is 4.73. The first kappa shape index (κ1) is 19.4. The minimum atomic E-state index is -0.142. The number of aldehydes is 1. The summed E-state index contributed by atoms with van der Waals surface area (Å²) in [7, 11) is 0. The van der Waals surface area contributed by atoms with Gasteiger partial charge >= 0.3 is 0 Å². The quantitative estimate of drug-likeness (QED) is 0.760. The molecule has 2 nitrogen and oxygen atoms in total. The third-order valence-corrected chi connectivity index (χ3v) is 4.73. The van der Waals surface area contributed by atoms with Crippen molar-refractivity contribution < 1.29 is 4.79 Å². The Balaban J connectivity index is 2.55. The number of carbonyl (C=O) groups excluding carboxylic acids is 1. The number of nitrogens with two attached hydrogens (primary N) is 1. The van der Waals surface area contributed by atoms with E-state index in [9.17, 15) is 4.79 Å². The molecule has 25 heavy (non-hydrogen) atoms. The standard InChI is InChI=1S/C23H31NO/c1-22(2,3)20-12-18(11-16-7-9-17(14-24)10-8-16)13-21(19(20)15-25)23(4,5)6/h7-13,15,19H,14,24H2,1-6H3. The van der Waals surface area contributed by atoms with Gasteiger partial charge in [0.2, 0.25) is 0 Å². The molecule has 2 rings (SSSR count). The van der Waals surface area contributed by atoms with Crippen LogP contribution >= 0.6 is 0 Å². The summed E-state index contributed by atoms with van der Waals surface area (Å²) in [5, 5.41) is 0. The number of hydrogen-bond acceptors (Lipinski definition) is 2. The predicted molar refractivity (Wildman–Crippen MR) is 107 cm³/mol. The Labute approximate surface area is 152 Å². The normalized spacial score (nSPS) is 18.5. The van der Waals surface area contributed by atoms with Crippen molar-refractivity contribution in [1.29, 1.82) is 0 Å². The molecule has 0 aromatic heterocycles. The molecule has 1 aliphatic carbocycles. The van der Waals surface area contributed by atoms with Crippen molar-refractivity contribution in [2.75, 3.05) is 0 Å². The van der Waals surface area contributed by atoms with Crippen LogP contribution in [0.1, 0.15) is 52.7 Å². The minimum Gasteiger partial charge on any atom is -0.326 e. The minimum absolute atomic E-state index is 0.0567. The van der Waals surface area contributed by atoms with E-state index in [4.69, 9.17) is 5.73 Å². The molecule has 0 radical (unpaired) electrons. The second-order valence-electron chi connectivity index (χ2n) is 8.90. The number of benzene rings is 1. The number of carbonyl (C=O) groups is 1. The number of rotatable bonds is 3. The smallest absolute Gasteiger partial charge is 0.131 e. The molecule has 0 saturated carbocycles. The van der Waals surface area contributed by atoms with Gasteiger partial charge in [-0.15, -0.1) is 0 Å². The summed E-state index contributed by atoms with van der Waals surface area (Å²) in [6, 6.07) is 8.31. The van der Waals surface area contributed by atoms with Gasteiger partial charge in [0, 0.05) is 6.54 Å². The van der Waals surface area contributed by atoms with Crippen LogP contribution in [-0.4, -0.2) is 6.29 Å². The first-order chi connectivity index (χ1) is 11.6. The first-order valence-corrected chi connectivity index (χ1v) is 8.96. The Kier molecular flexibility index (Phi) is 5.53. The second kappa shape index (κ2) is 7.13. The molecule has 0 fully saturated rings. The van der Waals surface area contributed by atoms with Gasteiger partial charge in [-0.1, -0.05) is 78.0 Å². The van der Waals surface area contributed by atoms with Crippen LogP contribution in [0.15, 0.2) is 53.1 Å². The molecular weight excluding hydrogens is 306 g/mol. The second-order valence-corrected chi connectivity index (χ2v) is 8.90. The molecule has 1 aromatic carbocycles. The number of allylic oxidation sites excluding steroid dienone is 5. The van der Waals surface area contributed by atoms with E-state index in [0.29, 0.717) is 6.54 Å². The van der Waals surface area contributed by atoms with Crippen LogP contribution in [0.5, 0.6) is 0 Å². The Morgan fingerprint density at radius 1 is 0.920 bits per heavy atom. The molecule has 2 N–H and O–H groups in total. The monoisotopic (exact) mass is 337 g/mol. The molecular formula is C23H31NO. The molecule has 0 saturated heterocycles. The van der Waals surface area contributed by atoms with Crippen LogP contribution in [0.3, 0.4) is 0 Å². The zero-order valence-electron chi connectivity index (χ0n) is 16.4. The molecule has 0 spiro atoms. The molecule has 0 bridgehead atoms. The lowest BCUT2D eigenvalue weighted by Gasteiger charge is -2.37. The summed E-state index contributed by atoms with van der Waals surface area (Å²) >= 11 is 0. The lowest BCUT2D eigenvalue weighted by Crippen LogP contribution is -2.28. The van der Waals surface area contributed by atoms with Gasteiger partial charge in [0.05, 0.1) is 5.92 Å². The van der Waals surface area contributed by atoms with E-state index in [-0.39, 0.29) is 16.7 Å². The largest absolute Gasteiger partial charge is 0.326 e. The van der Waals surface area contributed by atoms with Gasteiger partial charge in [-0.2, -0.15) is 0 Å². The maximum Gasteiger partial charge on any atom is 0.131 e. The third kappa shape index (κ3) is 4.58. The lowest BCUT2D eigenvalue weighted by molar-refractivity contribution is -0.109. The van der Waals surface area contributed by atoms with Gasteiger partial charge in [-0.05, 0) is 44.8 Å².